The number of piperidine rings is 1. The predicted octanol–water partition coefficient (Wildman–Crippen LogP) is 3.53. The molecule has 2 rings (SSSR count). The number of nitrogens with one attached hydrogen (secondary N) is 1. The smallest absolute Gasteiger partial charge is 0.0343 e. The highest BCUT2D eigenvalue weighted by molar-refractivity contribution is 5.45. The van der Waals surface area contributed by atoms with Gasteiger partial charge in [-0.15, -0.1) is 0 Å². The van der Waals surface area contributed by atoms with Gasteiger partial charge in [-0.25, -0.2) is 0 Å². The number of likely N-dealkylation sites (tertiary alicyclic amines) is 1. The molecule has 18 heavy (non-hydrogen) atoms. The van der Waals surface area contributed by atoms with E-state index in [0.29, 0.717) is 5.41 Å². The minimum Gasteiger partial charge on any atom is -0.384 e. The van der Waals surface area contributed by atoms with E-state index in [1.165, 1.54) is 37.2 Å². The Morgan fingerprint density at radius 1 is 1.33 bits per heavy atom. The summed E-state index contributed by atoms with van der Waals surface area (Å²) in [6, 6.07) is 8.60. The van der Waals surface area contributed by atoms with Crippen LogP contribution < -0.4 is 5.32 Å². The molecule has 0 spiro atoms. The fourth-order valence-corrected chi connectivity index (χ4v) is 2.85. The van der Waals surface area contributed by atoms with E-state index < -0.39 is 0 Å². The largest absolute Gasteiger partial charge is 0.384 e. The average Bonchev–Trinajstić information content (AvgIpc) is 2.28. The Kier molecular flexibility index (Phi) is 4.28. The van der Waals surface area contributed by atoms with Crippen LogP contribution in [-0.4, -0.2) is 31.1 Å². The van der Waals surface area contributed by atoms with Crippen LogP contribution in [0.3, 0.4) is 0 Å². The van der Waals surface area contributed by atoms with Crippen LogP contribution in [-0.2, 0) is 0 Å². The molecule has 0 atom stereocenters. The molecule has 1 aromatic carbocycles. The molecule has 100 valence electrons. The van der Waals surface area contributed by atoms with Gasteiger partial charge in [0.05, 0.1) is 0 Å². The zero-order chi connectivity index (χ0) is 13.0. The molecule has 0 amide bonds. The van der Waals surface area contributed by atoms with E-state index >= 15 is 0 Å². The number of hydrogen-bond acceptors (Lipinski definition) is 2. The summed E-state index contributed by atoms with van der Waals surface area (Å²) in [4.78, 5) is 2.59. The van der Waals surface area contributed by atoms with Gasteiger partial charge in [0.15, 0.2) is 0 Å². The number of anilines is 1. The first-order chi connectivity index (χ1) is 8.55. The van der Waals surface area contributed by atoms with Gasteiger partial charge in [-0.05, 0) is 49.4 Å². The molecule has 0 aromatic heterocycles. The van der Waals surface area contributed by atoms with Crippen molar-refractivity contribution in [2.24, 2.45) is 5.41 Å². The van der Waals surface area contributed by atoms with Gasteiger partial charge in [0, 0.05) is 25.3 Å². The third-order valence-corrected chi connectivity index (χ3v) is 3.75. The number of benzene rings is 1. The molecule has 2 nitrogen and oxygen atoms in total. The second kappa shape index (κ2) is 5.75. The van der Waals surface area contributed by atoms with Gasteiger partial charge in [-0.3, -0.25) is 0 Å². The molecule has 0 bridgehead atoms. The molecule has 1 aromatic rings. The molecule has 1 N–H and O–H groups in total. The molecule has 2 heteroatoms. The summed E-state index contributed by atoms with van der Waals surface area (Å²) in [7, 11) is 0. The Balaban J connectivity index is 1.75. The lowest BCUT2D eigenvalue weighted by atomic mass is 9.84. The standard InChI is InChI=1S/C16H26N2/c1-14-6-4-7-15(12-14)17-9-11-18-10-5-8-16(2,3)13-18/h4,6-7,12,17H,5,8-11,13H2,1-3H3. The van der Waals surface area contributed by atoms with Gasteiger partial charge < -0.3 is 10.2 Å². The van der Waals surface area contributed by atoms with E-state index in [9.17, 15) is 0 Å². The van der Waals surface area contributed by atoms with E-state index in [1.54, 1.807) is 0 Å². The summed E-state index contributed by atoms with van der Waals surface area (Å²) in [5.41, 5.74) is 3.06. The summed E-state index contributed by atoms with van der Waals surface area (Å²) in [6.45, 7) is 11.6. The highest BCUT2D eigenvalue weighted by atomic mass is 15.1. The zero-order valence-electron chi connectivity index (χ0n) is 12.0. The maximum atomic E-state index is 3.52. The third-order valence-electron chi connectivity index (χ3n) is 3.75. The summed E-state index contributed by atoms with van der Waals surface area (Å²) in [5, 5.41) is 3.52. The fraction of sp³-hybridized carbons (Fsp3) is 0.625. The molecule has 0 radical (unpaired) electrons. The monoisotopic (exact) mass is 246 g/mol. The first kappa shape index (κ1) is 13.4. The van der Waals surface area contributed by atoms with Gasteiger partial charge in [-0.2, -0.15) is 0 Å². The number of aryl methyl sites for hydroxylation is 1. The Morgan fingerprint density at radius 2 is 2.17 bits per heavy atom. The van der Waals surface area contributed by atoms with Crippen LogP contribution in [0, 0.1) is 12.3 Å². The Hall–Kier alpha value is -1.02. The van der Waals surface area contributed by atoms with Crippen molar-refractivity contribution >= 4 is 5.69 Å². The van der Waals surface area contributed by atoms with Crippen molar-refractivity contribution in [3.63, 3.8) is 0 Å². The molecule has 0 aliphatic carbocycles. The lowest BCUT2D eigenvalue weighted by molar-refractivity contribution is 0.122. The maximum absolute atomic E-state index is 3.52. The van der Waals surface area contributed by atoms with E-state index in [-0.39, 0.29) is 0 Å². The molecule has 0 saturated carbocycles. The molecule has 1 aliphatic rings. The van der Waals surface area contributed by atoms with Crippen molar-refractivity contribution in [1.82, 2.24) is 4.90 Å². The molecular weight excluding hydrogens is 220 g/mol. The van der Waals surface area contributed by atoms with Gasteiger partial charge in [0.2, 0.25) is 0 Å². The van der Waals surface area contributed by atoms with Crippen molar-refractivity contribution in [1.29, 1.82) is 0 Å². The van der Waals surface area contributed by atoms with Crippen LogP contribution in [0.15, 0.2) is 24.3 Å². The molecule has 1 fully saturated rings. The van der Waals surface area contributed by atoms with Crippen molar-refractivity contribution in [2.75, 3.05) is 31.5 Å². The topological polar surface area (TPSA) is 15.3 Å². The van der Waals surface area contributed by atoms with Crippen molar-refractivity contribution in [3.05, 3.63) is 29.8 Å². The summed E-state index contributed by atoms with van der Waals surface area (Å²) < 4.78 is 0. The Bertz CT molecular complexity index is 384. The van der Waals surface area contributed by atoms with Crippen LogP contribution in [0.1, 0.15) is 32.3 Å². The maximum Gasteiger partial charge on any atom is 0.0343 e. The summed E-state index contributed by atoms with van der Waals surface area (Å²) in [5.74, 6) is 0. The highest BCUT2D eigenvalue weighted by Gasteiger charge is 2.25. The predicted molar refractivity (Wildman–Crippen MR) is 79.1 cm³/mol. The van der Waals surface area contributed by atoms with Crippen molar-refractivity contribution in [2.45, 2.75) is 33.6 Å². The third kappa shape index (κ3) is 4.02. The Morgan fingerprint density at radius 3 is 2.89 bits per heavy atom. The fourth-order valence-electron chi connectivity index (χ4n) is 2.85. The van der Waals surface area contributed by atoms with Gasteiger partial charge in [0.1, 0.15) is 0 Å². The van der Waals surface area contributed by atoms with Crippen molar-refractivity contribution in [3.8, 4) is 0 Å². The molecule has 0 unspecified atom stereocenters. The van der Waals surface area contributed by atoms with Crippen molar-refractivity contribution < 1.29 is 0 Å². The lowest BCUT2D eigenvalue weighted by Crippen LogP contribution is -2.42. The Labute approximate surface area is 111 Å². The van der Waals surface area contributed by atoms with Crippen LogP contribution in [0.25, 0.3) is 0 Å². The van der Waals surface area contributed by atoms with Gasteiger partial charge >= 0.3 is 0 Å². The average molecular weight is 246 g/mol. The first-order valence-corrected chi connectivity index (χ1v) is 7.08. The molecular formula is C16H26N2. The SMILES string of the molecule is Cc1cccc(NCCN2CCCC(C)(C)C2)c1. The highest BCUT2D eigenvalue weighted by Crippen LogP contribution is 2.27. The van der Waals surface area contributed by atoms with Crippen LogP contribution >= 0.6 is 0 Å². The van der Waals surface area contributed by atoms with E-state index in [1.807, 2.05) is 0 Å². The quantitative estimate of drug-likeness (QED) is 0.874. The zero-order valence-corrected chi connectivity index (χ0v) is 12.0. The van der Waals surface area contributed by atoms with Gasteiger partial charge in [0.25, 0.3) is 0 Å². The van der Waals surface area contributed by atoms with Gasteiger partial charge in [-0.1, -0.05) is 26.0 Å². The minimum atomic E-state index is 0.502. The second-order valence-corrected chi connectivity index (χ2v) is 6.34. The molecule has 1 heterocycles. The van der Waals surface area contributed by atoms with Crippen LogP contribution in [0.5, 0.6) is 0 Å². The summed E-state index contributed by atoms with van der Waals surface area (Å²) >= 11 is 0. The first-order valence-electron chi connectivity index (χ1n) is 7.08. The lowest BCUT2D eigenvalue weighted by Gasteiger charge is -2.38. The van der Waals surface area contributed by atoms with E-state index in [2.05, 4.69) is 55.3 Å². The molecule has 1 aliphatic heterocycles. The van der Waals surface area contributed by atoms with Crippen LogP contribution in [0.4, 0.5) is 5.69 Å². The summed E-state index contributed by atoms with van der Waals surface area (Å²) in [6.07, 6.45) is 2.71. The second-order valence-electron chi connectivity index (χ2n) is 6.34. The number of rotatable bonds is 4. The molecule has 1 saturated heterocycles. The minimum absolute atomic E-state index is 0.502. The van der Waals surface area contributed by atoms with E-state index in [0.717, 1.165) is 13.1 Å². The van der Waals surface area contributed by atoms with E-state index in [4.69, 9.17) is 0 Å². The number of hydrogen-bond donors (Lipinski definition) is 1. The number of nitrogens with zero attached hydrogens (tertiary/aromatic N) is 1. The normalized spacial score (nSPS) is 19.7. The van der Waals surface area contributed by atoms with Crippen LogP contribution in [0.2, 0.25) is 0 Å².